The number of amidine groups is 1. The first-order valence-electron chi connectivity index (χ1n) is 7.95. The van der Waals surface area contributed by atoms with Gasteiger partial charge in [0.2, 0.25) is 5.91 Å². The Labute approximate surface area is 142 Å². The van der Waals surface area contributed by atoms with Crippen LogP contribution in [0, 0.1) is 0 Å². The summed E-state index contributed by atoms with van der Waals surface area (Å²) in [6.45, 7) is 3.13. The van der Waals surface area contributed by atoms with Gasteiger partial charge in [0.05, 0.1) is 12.2 Å². The van der Waals surface area contributed by atoms with Gasteiger partial charge >= 0.3 is 0 Å². The van der Waals surface area contributed by atoms with E-state index in [4.69, 9.17) is 11.5 Å². The number of carbonyl (C=O) groups is 1. The second kappa shape index (κ2) is 8.67. The van der Waals surface area contributed by atoms with Gasteiger partial charge < -0.3 is 16.8 Å². The zero-order valence-electron chi connectivity index (χ0n) is 13.8. The SMILES string of the molecule is CCCNC(=O)C1=CC(N)=C(C=NCc2ccccc2)N=C(N)C1. The zero-order chi connectivity index (χ0) is 17.4. The third kappa shape index (κ3) is 5.08. The number of carbonyl (C=O) groups excluding carboxylic acids is 1. The molecule has 1 heterocycles. The Morgan fingerprint density at radius 1 is 1.33 bits per heavy atom. The molecule has 1 aromatic rings. The van der Waals surface area contributed by atoms with E-state index in [0.29, 0.717) is 35.9 Å². The minimum atomic E-state index is -0.166. The standard InChI is InChI=1S/C18H23N5O/c1-2-8-22-18(24)14-9-15(19)16(23-17(20)10-14)12-21-11-13-6-4-3-5-7-13/h3-7,9,12H,2,8,10-11,19H2,1H3,(H2,20,23)(H,22,24). The monoisotopic (exact) mass is 325 g/mol. The normalized spacial score (nSPS) is 15.0. The number of benzene rings is 1. The fourth-order valence-electron chi connectivity index (χ4n) is 2.19. The minimum absolute atomic E-state index is 0.166. The number of nitrogens with zero attached hydrogens (tertiary/aromatic N) is 2. The summed E-state index contributed by atoms with van der Waals surface area (Å²) >= 11 is 0. The molecule has 5 N–H and O–H groups in total. The summed E-state index contributed by atoms with van der Waals surface area (Å²) in [5, 5.41) is 2.82. The van der Waals surface area contributed by atoms with E-state index in [-0.39, 0.29) is 12.3 Å². The maximum Gasteiger partial charge on any atom is 0.247 e. The molecular weight excluding hydrogens is 302 g/mol. The highest BCUT2D eigenvalue weighted by molar-refractivity contribution is 6.02. The lowest BCUT2D eigenvalue weighted by Gasteiger charge is -2.06. The molecule has 0 radical (unpaired) electrons. The number of hydrogen-bond acceptors (Lipinski definition) is 5. The van der Waals surface area contributed by atoms with Crippen molar-refractivity contribution >= 4 is 18.0 Å². The molecule has 1 aromatic carbocycles. The van der Waals surface area contributed by atoms with Crippen molar-refractivity contribution in [2.75, 3.05) is 6.54 Å². The van der Waals surface area contributed by atoms with Crippen molar-refractivity contribution in [3.8, 4) is 0 Å². The Balaban J connectivity index is 2.14. The Hall–Kier alpha value is -2.89. The fraction of sp³-hybridized carbons (Fsp3) is 0.278. The van der Waals surface area contributed by atoms with Gasteiger partial charge in [-0.05, 0) is 18.1 Å². The van der Waals surface area contributed by atoms with E-state index in [9.17, 15) is 4.79 Å². The lowest BCUT2D eigenvalue weighted by Crippen LogP contribution is -2.28. The number of hydrogen-bond donors (Lipinski definition) is 3. The van der Waals surface area contributed by atoms with Gasteiger partial charge in [-0.25, -0.2) is 4.99 Å². The summed E-state index contributed by atoms with van der Waals surface area (Å²) in [4.78, 5) is 20.7. The Morgan fingerprint density at radius 2 is 2.08 bits per heavy atom. The van der Waals surface area contributed by atoms with Crippen LogP contribution in [0.4, 0.5) is 0 Å². The Kier molecular flexibility index (Phi) is 6.31. The predicted molar refractivity (Wildman–Crippen MR) is 97.5 cm³/mol. The smallest absolute Gasteiger partial charge is 0.247 e. The lowest BCUT2D eigenvalue weighted by atomic mass is 10.1. The van der Waals surface area contributed by atoms with Crippen LogP contribution in [0.1, 0.15) is 25.3 Å². The van der Waals surface area contributed by atoms with Gasteiger partial charge in [0.1, 0.15) is 11.5 Å². The third-order valence-corrected chi connectivity index (χ3v) is 3.42. The van der Waals surface area contributed by atoms with E-state index < -0.39 is 0 Å². The van der Waals surface area contributed by atoms with Crippen LogP contribution in [0.15, 0.2) is 63.4 Å². The molecule has 0 bridgehead atoms. The van der Waals surface area contributed by atoms with Gasteiger partial charge in [-0.15, -0.1) is 0 Å². The van der Waals surface area contributed by atoms with Crippen LogP contribution in [0.2, 0.25) is 0 Å². The highest BCUT2D eigenvalue weighted by atomic mass is 16.1. The maximum atomic E-state index is 12.1. The van der Waals surface area contributed by atoms with Crippen LogP contribution in [-0.4, -0.2) is 24.5 Å². The van der Waals surface area contributed by atoms with Gasteiger partial charge in [0, 0.05) is 24.8 Å². The van der Waals surface area contributed by atoms with Crippen LogP contribution >= 0.6 is 0 Å². The van der Waals surface area contributed by atoms with Crippen molar-refractivity contribution in [2.45, 2.75) is 26.3 Å². The first-order chi connectivity index (χ1) is 11.6. The fourth-order valence-corrected chi connectivity index (χ4v) is 2.19. The van der Waals surface area contributed by atoms with Crippen molar-refractivity contribution in [1.82, 2.24) is 5.32 Å². The highest BCUT2D eigenvalue weighted by Gasteiger charge is 2.15. The molecule has 0 fully saturated rings. The average Bonchev–Trinajstić information content (AvgIpc) is 2.72. The summed E-state index contributed by atoms with van der Waals surface area (Å²) in [5.74, 6) is 0.176. The third-order valence-electron chi connectivity index (χ3n) is 3.42. The number of aliphatic imine (C=N–C) groups is 2. The van der Waals surface area contributed by atoms with Crippen molar-refractivity contribution in [3.05, 3.63) is 58.9 Å². The molecule has 0 unspecified atom stereocenters. The van der Waals surface area contributed by atoms with E-state index in [0.717, 1.165) is 12.0 Å². The van der Waals surface area contributed by atoms with Crippen LogP contribution in [0.25, 0.3) is 0 Å². The van der Waals surface area contributed by atoms with Gasteiger partial charge in [-0.3, -0.25) is 9.79 Å². The van der Waals surface area contributed by atoms with Crippen molar-refractivity contribution in [2.24, 2.45) is 21.5 Å². The molecule has 6 nitrogen and oxygen atoms in total. The molecule has 126 valence electrons. The van der Waals surface area contributed by atoms with E-state index in [2.05, 4.69) is 15.3 Å². The largest absolute Gasteiger partial charge is 0.397 e. The van der Waals surface area contributed by atoms with Gasteiger partial charge in [-0.1, -0.05) is 37.3 Å². The molecule has 1 aliphatic rings. The number of allylic oxidation sites excluding steroid dienone is 2. The molecule has 1 aliphatic heterocycles. The first-order valence-corrected chi connectivity index (χ1v) is 7.95. The van der Waals surface area contributed by atoms with Crippen molar-refractivity contribution in [3.63, 3.8) is 0 Å². The highest BCUT2D eigenvalue weighted by Crippen LogP contribution is 2.13. The van der Waals surface area contributed by atoms with E-state index in [1.54, 1.807) is 12.3 Å². The van der Waals surface area contributed by atoms with Gasteiger partial charge in [0.15, 0.2) is 0 Å². The maximum absolute atomic E-state index is 12.1. The van der Waals surface area contributed by atoms with Crippen LogP contribution in [0.3, 0.4) is 0 Å². The zero-order valence-corrected chi connectivity index (χ0v) is 13.8. The molecular formula is C18H23N5O. The molecule has 0 saturated carbocycles. The van der Waals surface area contributed by atoms with Crippen LogP contribution < -0.4 is 16.8 Å². The second-order valence-electron chi connectivity index (χ2n) is 5.50. The molecule has 0 atom stereocenters. The van der Waals surface area contributed by atoms with Gasteiger partial charge in [-0.2, -0.15) is 0 Å². The molecule has 0 aliphatic carbocycles. The van der Waals surface area contributed by atoms with Gasteiger partial charge in [0.25, 0.3) is 0 Å². The summed E-state index contributed by atoms with van der Waals surface area (Å²) < 4.78 is 0. The second-order valence-corrected chi connectivity index (χ2v) is 5.50. The minimum Gasteiger partial charge on any atom is -0.397 e. The van der Waals surface area contributed by atoms with Crippen molar-refractivity contribution in [1.29, 1.82) is 0 Å². The van der Waals surface area contributed by atoms with E-state index in [1.807, 2.05) is 37.3 Å². The van der Waals surface area contributed by atoms with Crippen molar-refractivity contribution < 1.29 is 4.79 Å². The molecule has 0 aromatic heterocycles. The summed E-state index contributed by atoms with van der Waals surface area (Å²) in [7, 11) is 0. The molecule has 2 rings (SSSR count). The molecule has 1 amide bonds. The van der Waals surface area contributed by atoms with Crippen LogP contribution in [-0.2, 0) is 11.3 Å². The number of amides is 1. The molecule has 6 heteroatoms. The molecule has 0 spiro atoms. The topological polar surface area (TPSA) is 106 Å². The quantitative estimate of drug-likeness (QED) is 0.692. The molecule has 0 saturated heterocycles. The van der Waals surface area contributed by atoms with E-state index >= 15 is 0 Å². The Morgan fingerprint density at radius 3 is 2.79 bits per heavy atom. The lowest BCUT2D eigenvalue weighted by molar-refractivity contribution is -0.117. The number of nitrogens with two attached hydrogens (primary N) is 2. The van der Waals surface area contributed by atoms with Crippen LogP contribution in [0.5, 0.6) is 0 Å². The predicted octanol–water partition coefficient (Wildman–Crippen LogP) is 1.64. The average molecular weight is 325 g/mol. The summed E-state index contributed by atoms with van der Waals surface area (Å²) in [5.41, 5.74) is 14.4. The van der Waals surface area contributed by atoms with E-state index in [1.165, 1.54) is 0 Å². The molecule has 24 heavy (non-hydrogen) atoms. The Bertz CT molecular complexity index is 701. The number of nitrogens with one attached hydrogen (secondary N) is 1. The number of rotatable bonds is 6. The first kappa shape index (κ1) is 17.5. The summed E-state index contributed by atoms with van der Waals surface area (Å²) in [6.07, 6.45) is 4.36. The summed E-state index contributed by atoms with van der Waals surface area (Å²) in [6, 6.07) is 9.88.